The zero-order valence-corrected chi connectivity index (χ0v) is 26.0. The zero-order chi connectivity index (χ0) is 32.3. The molecular weight excluding hydrogens is 585 g/mol. The molecule has 48 heavy (non-hydrogen) atoms. The third kappa shape index (κ3) is 5.73. The van der Waals surface area contributed by atoms with Crippen molar-refractivity contribution < 1.29 is 0 Å². The minimum absolute atomic E-state index is 0.638. The van der Waals surface area contributed by atoms with Gasteiger partial charge in [0.25, 0.3) is 0 Å². The van der Waals surface area contributed by atoms with Crippen LogP contribution in [0, 0.1) is 6.57 Å². The molecule has 4 heteroatoms. The average Bonchev–Trinajstić information content (AvgIpc) is 3.18. The van der Waals surface area contributed by atoms with Gasteiger partial charge < -0.3 is 0 Å². The summed E-state index contributed by atoms with van der Waals surface area (Å²) in [5.41, 5.74) is 10.2. The lowest BCUT2D eigenvalue weighted by atomic mass is 9.93. The normalized spacial score (nSPS) is 10.9. The van der Waals surface area contributed by atoms with E-state index < -0.39 is 0 Å². The average molecular weight is 613 g/mol. The lowest BCUT2D eigenvalue weighted by molar-refractivity contribution is 1.07. The van der Waals surface area contributed by atoms with Crippen LogP contribution >= 0.6 is 0 Å². The molecule has 7 aromatic carbocycles. The Labute approximate surface area is 279 Å². The second-order valence-corrected chi connectivity index (χ2v) is 11.6. The van der Waals surface area contributed by atoms with Crippen LogP contribution in [0.15, 0.2) is 170 Å². The summed E-state index contributed by atoms with van der Waals surface area (Å²) in [5, 5.41) is 2.37. The fourth-order valence-electron chi connectivity index (χ4n) is 6.05. The maximum atomic E-state index is 7.34. The van der Waals surface area contributed by atoms with E-state index in [1.165, 1.54) is 16.3 Å². The summed E-state index contributed by atoms with van der Waals surface area (Å²) in [7, 11) is 0. The van der Waals surface area contributed by atoms with Crippen LogP contribution < -0.4 is 0 Å². The second-order valence-electron chi connectivity index (χ2n) is 11.6. The lowest BCUT2D eigenvalue weighted by Gasteiger charge is -2.12. The number of fused-ring (bicyclic) bond motifs is 1. The van der Waals surface area contributed by atoms with Crippen LogP contribution in [0.4, 0.5) is 5.69 Å². The third-order valence-corrected chi connectivity index (χ3v) is 8.56. The minimum Gasteiger partial charge on any atom is -0.238 e. The molecular formula is C44H28N4. The van der Waals surface area contributed by atoms with Crippen molar-refractivity contribution in [1.82, 2.24) is 15.0 Å². The molecule has 1 heterocycles. The van der Waals surface area contributed by atoms with E-state index in [4.69, 9.17) is 21.5 Å². The van der Waals surface area contributed by atoms with E-state index in [2.05, 4.69) is 89.8 Å². The quantitative estimate of drug-likeness (QED) is 0.175. The van der Waals surface area contributed by atoms with Crippen molar-refractivity contribution in [2.24, 2.45) is 0 Å². The molecule has 0 aliphatic carbocycles. The van der Waals surface area contributed by atoms with Gasteiger partial charge in [-0.3, -0.25) is 0 Å². The molecule has 8 rings (SSSR count). The first-order valence-electron chi connectivity index (χ1n) is 15.8. The molecule has 0 amide bonds. The number of hydrogen-bond acceptors (Lipinski definition) is 3. The molecule has 4 nitrogen and oxygen atoms in total. The molecule has 8 aromatic rings. The van der Waals surface area contributed by atoms with Gasteiger partial charge in [0.15, 0.2) is 23.2 Å². The Hall–Kier alpha value is -6.70. The molecule has 0 aliphatic rings. The van der Waals surface area contributed by atoms with Crippen LogP contribution in [-0.2, 0) is 0 Å². The highest BCUT2D eigenvalue weighted by molar-refractivity contribution is 5.99. The van der Waals surface area contributed by atoms with Crippen molar-refractivity contribution in [3.8, 4) is 67.5 Å². The Morgan fingerprint density at radius 1 is 0.354 bits per heavy atom. The van der Waals surface area contributed by atoms with E-state index in [0.717, 1.165) is 44.5 Å². The summed E-state index contributed by atoms with van der Waals surface area (Å²) in [6.07, 6.45) is 0. The molecule has 224 valence electrons. The summed E-state index contributed by atoms with van der Waals surface area (Å²) >= 11 is 0. The Morgan fingerprint density at radius 3 is 1.40 bits per heavy atom. The Balaban J connectivity index is 1.14. The largest absolute Gasteiger partial charge is 0.238 e. The summed E-state index contributed by atoms with van der Waals surface area (Å²) in [6, 6.07) is 58.0. The van der Waals surface area contributed by atoms with Gasteiger partial charge in [0.05, 0.1) is 6.57 Å². The maximum Gasteiger partial charge on any atom is 0.187 e. The number of benzene rings is 7. The Kier molecular flexibility index (Phi) is 7.54. The SMILES string of the molecule is [C-]#[N+]c1cccc(-c2ccc(-c3ccc4cccc(-c5ccc(-c6nc(-c7ccccc7)nc(-c7ccccc7)n6)cc5)c4c3)cc2)c1. The van der Waals surface area contributed by atoms with Gasteiger partial charge in [-0.05, 0) is 56.3 Å². The van der Waals surface area contributed by atoms with Crippen LogP contribution in [0.5, 0.6) is 0 Å². The van der Waals surface area contributed by atoms with Gasteiger partial charge in [-0.15, -0.1) is 0 Å². The molecule has 0 bridgehead atoms. The van der Waals surface area contributed by atoms with Crippen LogP contribution in [0.25, 0.3) is 83.2 Å². The van der Waals surface area contributed by atoms with E-state index in [0.29, 0.717) is 23.2 Å². The molecule has 0 saturated heterocycles. The number of aromatic nitrogens is 3. The van der Waals surface area contributed by atoms with Crippen LogP contribution in [0.2, 0.25) is 0 Å². The fraction of sp³-hybridized carbons (Fsp3) is 0. The van der Waals surface area contributed by atoms with Crippen LogP contribution in [-0.4, -0.2) is 15.0 Å². The van der Waals surface area contributed by atoms with Gasteiger partial charge in [0.1, 0.15) is 0 Å². The van der Waals surface area contributed by atoms with Crippen molar-refractivity contribution in [2.45, 2.75) is 0 Å². The predicted molar refractivity (Wildman–Crippen MR) is 196 cm³/mol. The molecule has 0 N–H and O–H groups in total. The standard InChI is InChI=1S/C44H28N4/c1-45-39-16-8-15-37(28-39)30-18-20-31(21-19-30)38-27-24-32-14-9-17-40(41(32)29-38)33-22-25-36(26-23-33)44-47-42(34-10-4-2-5-11-34)46-43(48-44)35-12-6-3-7-13-35/h2-29H. The summed E-state index contributed by atoms with van der Waals surface area (Å²) < 4.78 is 0. The number of hydrogen-bond donors (Lipinski definition) is 0. The third-order valence-electron chi connectivity index (χ3n) is 8.56. The van der Waals surface area contributed by atoms with Gasteiger partial charge in [0, 0.05) is 16.7 Å². The van der Waals surface area contributed by atoms with E-state index in [1.807, 2.05) is 84.9 Å². The first kappa shape index (κ1) is 28.8. The molecule has 0 aliphatic heterocycles. The molecule has 0 saturated carbocycles. The summed E-state index contributed by atoms with van der Waals surface area (Å²) in [5.74, 6) is 1.93. The van der Waals surface area contributed by atoms with Gasteiger partial charge in [-0.2, -0.15) is 0 Å². The van der Waals surface area contributed by atoms with E-state index in [9.17, 15) is 0 Å². The summed E-state index contributed by atoms with van der Waals surface area (Å²) in [6.45, 7) is 7.34. The van der Waals surface area contributed by atoms with Gasteiger partial charge >= 0.3 is 0 Å². The monoisotopic (exact) mass is 612 g/mol. The zero-order valence-electron chi connectivity index (χ0n) is 26.0. The highest BCUT2D eigenvalue weighted by Crippen LogP contribution is 2.35. The van der Waals surface area contributed by atoms with Crippen LogP contribution in [0.3, 0.4) is 0 Å². The molecule has 1 aromatic heterocycles. The smallest absolute Gasteiger partial charge is 0.187 e. The lowest BCUT2D eigenvalue weighted by Crippen LogP contribution is -2.00. The van der Waals surface area contributed by atoms with Crippen molar-refractivity contribution in [3.05, 3.63) is 181 Å². The number of nitrogens with zero attached hydrogens (tertiary/aromatic N) is 4. The fourth-order valence-corrected chi connectivity index (χ4v) is 6.05. The number of rotatable bonds is 6. The maximum absolute atomic E-state index is 7.34. The predicted octanol–water partition coefficient (Wildman–Crippen LogP) is 11.6. The van der Waals surface area contributed by atoms with Crippen molar-refractivity contribution in [2.75, 3.05) is 0 Å². The highest BCUT2D eigenvalue weighted by atomic mass is 15.0. The van der Waals surface area contributed by atoms with Crippen molar-refractivity contribution in [1.29, 1.82) is 0 Å². The molecule has 0 spiro atoms. The Bertz CT molecular complexity index is 2370. The molecule has 0 atom stereocenters. The van der Waals surface area contributed by atoms with Gasteiger partial charge in [0.2, 0.25) is 0 Å². The highest BCUT2D eigenvalue weighted by Gasteiger charge is 2.13. The first-order valence-corrected chi connectivity index (χ1v) is 15.8. The van der Waals surface area contributed by atoms with Gasteiger partial charge in [-0.25, -0.2) is 19.8 Å². The Morgan fingerprint density at radius 2 is 0.812 bits per heavy atom. The second kappa shape index (κ2) is 12.6. The molecule has 0 radical (unpaired) electrons. The first-order chi connectivity index (χ1) is 23.7. The molecule has 0 unspecified atom stereocenters. The van der Waals surface area contributed by atoms with Gasteiger partial charge in [-0.1, -0.05) is 158 Å². The van der Waals surface area contributed by atoms with E-state index >= 15 is 0 Å². The van der Waals surface area contributed by atoms with Crippen LogP contribution in [0.1, 0.15) is 0 Å². The van der Waals surface area contributed by atoms with Crippen molar-refractivity contribution in [3.63, 3.8) is 0 Å². The van der Waals surface area contributed by atoms with E-state index in [1.54, 1.807) is 0 Å². The van der Waals surface area contributed by atoms with Crippen molar-refractivity contribution >= 4 is 16.5 Å². The van der Waals surface area contributed by atoms with E-state index in [-0.39, 0.29) is 0 Å². The summed E-state index contributed by atoms with van der Waals surface area (Å²) in [4.78, 5) is 18.2. The topological polar surface area (TPSA) is 43.0 Å². The molecule has 0 fully saturated rings. The minimum atomic E-state index is 0.638.